The maximum absolute atomic E-state index is 13.9. The van der Waals surface area contributed by atoms with Crippen LogP contribution in [0.5, 0.6) is 0 Å². The maximum atomic E-state index is 13.9. The number of hydrogen-bond acceptors (Lipinski definition) is 5. The Morgan fingerprint density at radius 2 is 2.25 bits per heavy atom. The molecular weight excluding hydrogens is 295 g/mol. The Labute approximate surface area is 116 Å². The van der Waals surface area contributed by atoms with E-state index < -0.39 is 42.5 Å². The lowest BCUT2D eigenvalue weighted by molar-refractivity contribution is -0.0491. The zero-order chi connectivity index (χ0) is 14.9. The standard InChI is InChI=1S/C11H12ClFN2O5/c12-2-1-5-3-15(11(19)14-9(5)18)10-7(13)8(17)6(4-16)20-10/h1-3,6-8,10,16-17H,4H2,(H,14,18,19)/b2-1+. The van der Waals surface area contributed by atoms with E-state index in [0.29, 0.717) is 0 Å². The molecule has 1 aliphatic heterocycles. The van der Waals surface area contributed by atoms with Gasteiger partial charge >= 0.3 is 5.69 Å². The van der Waals surface area contributed by atoms with Crippen molar-refractivity contribution in [2.24, 2.45) is 0 Å². The summed E-state index contributed by atoms with van der Waals surface area (Å²) in [6, 6.07) is 0. The third-order valence-electron chi connectivity index (χ3n) is 2.99. The lowest BCUT2D eigenvalue weighted by Gasteiger charge is -2.16. The number of H-pyrrole nitrogens is 1. The Balaban J connectivity index is 2.46. The van der Waals surface area contributed by atoms with Gasteiger partial charge in [-0.25, -0.2) is 9.18 Å². The Morgan fingerprint density at radius 3 is 2.80 bits per heavy atom. The molecule has 20 heavy (non-hydrogen) atoms. The fourth-order valence-electron chi connectivity index (χ4n) is 1.95. The molecule has 2 heterocycles. The summed E-state index contributed by atoms with van der Waals surface area (Å²) in [6.07, 6.45) is -3.75. The normalized spacial score (nSPS) is 30.2. The summed E-state index contributed by atoms with van der Waals surface area (Å²) in [5, 5.41) is 18.5. The molecule has 0 spiro atoms. The fourth-order valence-corrected chi connectivity index (χ4v) is 2.09. The van der Waals surface area contributed by atoms with Crippen LogP contribution in [0.3, 0.4) is 0 Å². The van der Waals surface area contributed by atoms with Gasteiger partial charge in [-0.15, -0.1) is 0 Å². The lowest BCUT2D eigenvalue weighted by Crippen LogP contribution is -2.36. The van der Waals surface area contributed by atoms with Gasteiger partial charge in [0.2, 0.25) is 0 Å². The van der Waals surface area contributed by atoms with Crippen molar-refractivity contribution in [3.05, 3.63) is 38.1 Å². The Morgan fingerprint density at radius 1 is 1.55 bits per heavy atom. The van der Waals surface area contributed by atoms with Crippen molar-refractivity contribution in [2.45, 2.75) is 24.6 Å². The highest BCUT2D eigenvalue weighted by Gasteiger charge is 2.45. The molecular formula is C11H12ClFN2O5. The highest BCUT2D eigenvalue weighted by Crippen LogP contribution is 2.30. The predicted molar refractivity (Wildman–Crippen MR) is 68.1 cm³/mol. The largest absolute Gasteiger partial charge is 0.394 e. The van der Waals surface area contributed by atoms with Gasteiger partial charge in [-0.3, -0.25) is 14.3 Å². The SMILES string of the molecule is O=c1[nH]c(=O)n(C2OC(CO)C(O)C2F)cc1/C=C/Cl. The van der Waals surface area contributed by atoms with E-state index >= 15 is 0 Å². The highest BCUT2D eigenvalue weighted by atomic mass is 35.5. The monoisotopic (exact) mass is 306 g/mol. The zero-order valence-electron chi connectivity index (χ0n) is 10.1. The van der Waals surface area contributed by atoms with Crippen molar-refractivity contribution in [2.75, 3.05) is 6.61 Å². The smallest absolute Gasteiger partial charge is 0.330 e. The number of alkyl halides is 1. The van der Waals surface area contributed by atoms with Gasteiger partial charge in [0, 0.05) is 11.7 Å². The molecule has 1 aromatic heterocycles. The third kappa shape index (κ3) is 2.55. The van der Waals surface area contributed by atoms with Crippen LogP contribution >= 0.6 is 11.6 Å². The van der Waals surface area contributed by atoms with Gasteiger partial charge in [0.05, 0.1) is 12.2 Å². The van der Waals surface area contributed by atoms with Crippen LogP contribution in [0.1, 0.15) is 11.8 Å². The molecule has 1 aliphatic rings. The summed E-state index contributed by atoms with van der Waals surface area (Å²) in [7, 11) is 0. The average Bonchev–Trinajstić information content (AvgIpc) is 2.70. The first-order valence-electron chi connectivity index (χ1n) is 5.70. The van der Waals surface area contributed by atoms with E-state index in [9.17, 15) is 19.1 Å². The van der Waals surface area contributed by atoms with Crippen molar-refractivity contribution in [1.29, 1.82) is 0 Å². The van der Waals surface area contributed by atoms with Gasteiger partial charge in [0.25, 0.3) is 5.56 Å². The summed E-state index contributed by atoms with van der Waals surface area (Å²) in [5.74, 6) is 0. The quantitative estimate of drug-likeness (QED) is 0.687. The van der Waals surface area contributed by atoms with E-state index in [4.69, 9.17) is 21.4 Å². The first-order chi connectivity index (χ1) is 9.49. The second-order valence-electron chi connectivity index (χ2n) is 4.23. The second kappa shape index (κ2) is 5.88. The first kappa shape index (κ1) is 14.9. The van der Waals surface area contributed by atoms with Gasteiger partial charge in [-0.2, -0.15) is 0 Å². The molecule has 1 fully saturated rings. The molecule has 1 aromatic rings. The number of nitrogens with zero attached hydrogens (tertiary/aromatic N) is 1. The molecule has 0 saturated carbocycles. The van der Waals surface area contributed by atoms with Crippen molar-refractivity contribution in [3.8, 4) is 0 Å². The van der Waals surface area contributed by atoms with Crippen LogP contribution in [0.2, 0.25) is 0 Å². The van der Waals surface area contributed by atoms with Crippen LogP contribution in [0.25, 0.3) is 6.08 Å². The van der Waals surface area contributed by atoms with E-state index in [1.807, 2.05) is 4.98 Å². The molecule has 4 atom stereocenters. The van der Waals surface area contributed by atoms with E-state index in [0.717, 1.165) is 16.3 Å². The first-order valence-corrected chi connectivity index (χ1v) is 6.14. The van der Waals surface area contributed by atoms with Gasteiger partial charge in [0.15, 0.2) is 12.4 Å². The molecule has 4 unspecified atom stereocenters. The molecule has 2 rings (SSSR count). The molecule has 1 saturated heterocycles. The van der Waals surface area contributed by atoms with Gasteiger partial charge in [-0.05, 0) is 6.08 Å². The fraction of sp³-hybridized carbons (Fsp3) is 0.455. The summed E-state index contributed by atoms with van der Waals surface area (Å²) in [6.45, 7) is -0.593. The van der Waals surface area contributed by atoms with Crippen molar-refractivity contribution < 1.29 is 19.3 Å². The Bertz CT molecular complexity index is 628. The molecule has 110 valence electrons. The summed E-state index contributed by atoms with van der Waals surface area (Å²) in [4.78, 5) is 25.1. The van der Waals surface area contributed by atoms with E-state index in [-0.39, 0.29) is 5.56 Å². The minimum Gasteiger partial charge on any atom is -0.394 e. The highest BCUT2D eigenvalue weighted by molar-refractivity contribution is 6.27. The van der Waals surface area contributed by atoms with Gasteiger partial charge in [-0.1, -0.05) is 11.6 Å². The number of aromatic nitrogens is 2. The molecule has 3 N–H and O–H groups in total. The number of rotatable bonds is 3. The van der Waals surface area contributed by atoms with Crippen LogP contribution < -0.4 is 11.2 Å². The van der Waals surface area contributed by atoms with Crippen LogP contribution in [0.4, 0.5) is 4.39 Å². The number of halogens is 2. The number of aromatic amines is 1. The van der Waals surface area contributed by atoms with Crippen molar-refractivity contribution in [3.63, 3.8) is 0 Å². The van der Waals surface area contributed by atoms with Crippen molar-refractivity contribution >= 4 is 17.7 Å². The van der Waals surface area contributed by atoms with Crippen LogP contribution in [-0.4, -0.2) is 44.8 Å². The van der Waals surface area contributed by atoms with E-state index in [1.54, 1.807) is 0 Å². The molecule has 9 heteroatoms. The Hall–Kier alpha value is -1.48. The van der Waals surface area contributed by atoms with E-state index in [2.05, 4.69) is 0 Å². The second-order valence-corrected chi connectivity index (χ2v) is 4.48. The van der Waals surface area contributed by atoms with Gasteiger partial charge in [0.1, 0.15) is 12.2 Å². The molecule has 0 radical (unpaired) electrons. The van der Waals surface area contributed by atoms with Crippen LogP contribution in [0, 0.1) is 0 Å². The minimum atomic E-state index is -1.91. The molecule has 0 amide bonds. The number of aliphatic hydroxyl groups is 2. The zero-order valence-corrected chi connectivity index (χ0v) is 10.8. The van der Waals surface area contributed by atoms with Gasteiger partial charge < -0.3 is 14.9 Å². The van der Waals surface area contributed by atoms with E-state index in [1.165, 1.54) is 6.08 Å². The predicted octanol–water partition coefficient (Wildman–Crippen LogP) is -0.665. The molecule has 0 aromatic carbocycles. The summed E-state index contributed by atoms with van der Waals surface area (Å²) < 4.78 is 19.8. The number of aliphatic hydroxyl groups excluding tert-OH is 2. The average molecular weight is 307 g/mol. The molecule has 0 bridgehead atoms. The number of hydrogen-bond donors (Lipinski definition) is 3. The maximum Gasteiger partial charge on any atom is 0.330 e. The summed E-state index contributed by atoms with van der Waals surface area (Å²) >= 11 is 5.36. The van der Waals surface area contributed by atoms with Crippen LogP contribution in [0.15, 0.2) is 21.3 Å². The van der Waals surface area contributed by atoms with Crippen molar-refractivity contribution in [1.82, 2.24) is 9.55 Å². The Kier molecular flexibility index (Phi) is 4.39. The number of ether oxygens (including phenoxy) is 1. The molecule has 0 aliphatic carbocycles. The lowest BCUT2D eigenvalue weighted by atomic mass is 10.1. The topological polar surface area (TPSA) is 105 Å². The molecule has 7 nitrogen and oxygen atoms in total. The summed E-state index contributed by atoms with van der Waals surface area (Å²) in [5.41, 5.74) is -0.485. The minimum absolute atomic E-state index is 0.0253. The number of nitrogens with one attached hydrogen (secondary N) is 1. The third-order valence-corrected chi connectivity index (χ3v) is 3.11. The van der Waals surface area contributed by atoms with Crippen LogP contribution in [-0.2, 0) is 4.74 Å².